The first-order chi connectivity index (χ1) is 11.8. The van der Waals surface area contributed by atoms with E-state index < -0.39 is 0 Å². The number of benzene rings is 2. The lowest BCUT2D eigenvalue weighted by molar-refractivity contribution is 1.07. The van der Waals surface area contributed by atoms with Crippen molar-refractivity contribution >= 4 is 15.8 Å². The van der Waals surface area contributed by atoms with E-state index in [1.807, 2.05) is 0 Å². The molecule has 0 aromatic heterocycles. The lowest BCUT2D eigenvalue weighted by atomic mass is 10.2. The fraction of sp³-hybridized carbons (Fsp3) is 0.455. The molecule has 130 valence electrons. The van der Waals surface area contributed by atoms with Crippen molar-refractivity contribution < 1.29 is 0 Å². The van der Waals surface area contributed by atoms with Gasteiger partial charge in [-0.2, -0.15) is 0 Å². The molecular formula is C22H32P2. The van der Waals surface area contributed by atoms with Gasteiger partial charge in [0.05, 0.1) is 0 Å². The molecule has 0 nitrogen and oxygen atoms in total. The van der Waals surface area contributed by atoms with Gasteiger partial charge in [0.2, 0.25) is 0 Å². The van der Waals surface area contributed by atoms with Crippen LogP contribution in [0.1, 0.15) is 37.8 Å². The molecule has 2 atom stereocenters. The van der Waals surface area contributed by atoms with E-state index in [1.54, 1.807) is 11.1 Å². The molecule has 0 heterocycles. The van der Waals surface area contributed by atoms with Gasteiger partial charge in [0.25, 0.3) is 0 Å². The number of rotatable bonds is 11. The quantitative estimate of drug-likeness (QED) is 0.373. The van der Waals surface area contributed by atoms with Crippen molar-refractivity contribution in [3.63, 3.8) is 0 Å². The Bertz CT molecular complexity index is 487. The van der Waals surface area contributed by atoms with Crippen molar-refractivity contribution in [2.45, 2.75) is 39.0 Å². The second-order valence-electron chi connectivity index (χ2n) is 6.52. The molecule has 2 aromatic carbocycles. The summed E-state index contributed by atoms with van der Waals surface area (Å²) in [6, 6.07) is 22.3. The third-order valence-electron chi connectivity index (χ3n) is 4.31. The van der Waals surface area contributed by atoms with Crippen LogP contribution in [0.2, 0.25) is 0 Å². The Morgan fingerprint density at radius 2 is 0.917 bits per heavy atom. The summed E-state index contributed by atoms with van der Waals surface area (Å²) in [5.41, 5.74) is 3.08. The van der Waals surface area contributed by atoms with E-state index in [2.05, 4.69) is 74.5 Å². The van der Waals surface area contributed by atoms with Gasteiger partial charge in [0.1, 0.15) is 0 Å². The van der Waals surface area contributed by atoms with E-state index in [1.165, 1.54) is 49.8 Å². The summed E-state index contributed by atoms with van der Waals surface area (Å²) >= 11 is 0. The van der Waals surface area contributed by atoms with Crippen LogP contribution in [0.15, 0.2) is 60.7 Å². The van der Waals surface area contributed by atoms with Gasteiger partial charge in [0, 0.05) is 0 Å². The van der Waals surface area contributed by atoms with Gasteiger partial charge in [-0.15, -0.1) is 15.8 Å². The highest BCUT2D eigenvalue weighted by molar-refractivity contribution is 7.60. The molecule has 0 radical (unpaired) electrons. The van der Waals surface area contributed by atoms with Crippen LogP contribution >= 0.6 is 15.8 Å². The maximum absolute atomic E-state index is 2.35. The van der Waals surface area contributed by atoms with Crippen LogP contribution in [0.25, 0.3) is 0 Å². The van der Waals surface area contributed by atoms with Crippen molar-refractivity contribution in [2.75, 3.05) is 24.6 Å². The molecule has 0 saturated heterocycles. The lowest BCUT2D eigenvalue weighted by Gasteiger charge is -2.22. The minimum absolute atomic E-state index is 0.161. The van der Waals surface area contributed by atoms with E-state index in [9.17, 15) is 0 Å². The average molecular weight is 358 g/mol. The third-order valence-corrected chi connectivity index (χ3v) is 10.2. The minimum Gasteiger partial charge on any atom is -0.102 e. The molecule has 0 fully saturated rings. The van der Waals surface area contributed by atoms with Gasteiger partial charge in [-0.25, -0.2) is 0 Å². The highest BCUT2D eigenvalue weighted by atomic mass is 31.1. The largest absolute Gasteiger partial charge is 0.102 e. The van der Waals surface area contributed by atoms with Crippen LogP contribution in [0.4, 0.5) is 0 Å². The van der Waals surface area contributed by atoms with Crippen LogP contribution < -0.4 is 0 Å². The number of hydrogen-bond acceptors (Lipinski definition) is 0. The van der Waals surface area contributed by atoms with Crippen molar-refractivity contribution in [1.82, 2.24) is 0 Å². The summed E-state index contributed by atoms with van der Waals surface area (Å²) < 4.78 is 0. The van der Waals surface area contributed by atoms with Crippen LogP contribution in [0.5, 0.6) is 0 Å². The van der Waals surface area contributed by atoms with Crippen molar-refractivity contribution in [3.05, 3.63) is 71.8 Å². The maximum atomic E-state index is 2.35. The van der Waals surface area contributed by atoms with E-state index in [0.717, 1.165) is 0 Å². The molecule has 0 aliphatic rings. The first kappa shape index (κ1) is 19.6. The molecule has 0 saturated carbocycles. The Morgan fingerprint density at radius 3 is 1.25 bits per heavy atom. The molecular weight excluding hydrogens is 326 g/mol. The number of hydrogen-bond donors (Lipinski definition) is 0. The SMILES string of the molecule is CCCP(CCP(CCC)Cc1ccccc1)Cc1ccccc1. The fourth-order valence-corrected chi connectivity index (χ4v) is 9.20. The van der Waals surface area contributed by atoms with Crippen LogP contribution in [-0.2, 0) is 12.3 Å². The Balaban J connectivity index is 1.89. The first-order valence-electron chi connectivity index (χ1n) is 9.34. The fourth-order valence-electron chi connectivity index (χ4n) is 3.14. The summed E-state index contributed by atoms with van der Waals surface area (Å²) in [4.78, 5) is 0. The maximum Gasteiger partial charge on any atom is -0.00730 e. The van der Waals surface area contributed by atoms with Gasteiger partial charge >= 0.3 is 0 Å². The monoisotopic (exact) mass is 358 g/mol. The van der Waals surface area contributed by atoms with E-state index in [0.29, 0.717) is 0 Å². The van der Waals surface area contributed by atoms with Gasteiger partial charge in [-0.1, -0.05) is 87.4 Å². The Hall–Kier alpha value is -0.700. The molecule has 2 rings (SSSR count). The summed E-state index contributed by atoms with van der Waals surface area (Å²) in [6.45, 7) is 4.69. The smallest absolute Gasteiger partial charge is 0.00730 e. The average Bonchev–Trinajstić information content (AvgIpc) is 2.62. The van der Waals surface area contributed by atoms with Crippen LogP contribution in [0.3, 0.4) is 0 Å². The summed E-state index contributed by atoms with van der Waals surface area (Å²) in [7, 11) is 0.323. The zero-order valence-corrected chi connectivity index (χ0v) is 17.1. The van der Waals surface area contributed by atoms with E-state index >= 15 is 0 Å². The Labute approximate surface area is 151 Å². The summed E-state index contributed by atoms with van der Waals surface area (Å²) in [5.74, 6) is 0. The molecule has 0 N–H and O–H groups in total. The van der Waals surface area contributed by atoms with Gasteiger partial charge in [-0.3, -0.25) is 0 Å². The molecule has 24 heavy (non-hydrogen) atoms. The topological polar surface area (TPSA) is 0 Å². The zero-order valence-electron chi connectivity index (χ0n) is 15.3. The van der Waals surface area contributed by atoms with E-state index in [-0.39, 0.29) is 15.8 Å². The molecule has 2 heteroatoms. The predicted molar refractivity (Wildman–Crippen MR) is 114 cm³/mol. The molecule has 0 amide bonds. The standard InChI is InChI=1S/C22H32P2/c1-3-15-23(19-21-11-7-5-8-12-21)17-18-24(16-4-2)20-22-13-9-6-10-14-22/h5-14H,3-4,15-20H2,1-2H3. The summed E-state index contributed by atoms with van der Waals surface area (Å²) in [5, 5.41) is 0. The minimum atomic E-state index is 0.161. The van der Waals surface area contributed by atoms with Crippen molar-refractivity contribution in [3.8, 4) is 0 Å². The predicted octanol–water partition coefficient (Wildman–Crippen LogP) is 7.17. The second-order valence-corrected chi connectivity index (χ2v) is 11.6. The molecule has 2 unspecified atom stereocenters. The summed E-state index contributed by atoms with van der Waals surface area (Å²) in [6.07, 6.45) is 11.1. The normalized spacial score (nSPS) is 13.6. The Morgan fingerprint density at radius 1 is 0.542 bits per heavy atom. The zero-order chi connectivity index (χ0) is 17.0. The van der Waals surface area contributed by atoms with Gasteiger partial charge in [0.15, 0.2) is 0 Å². The van der Waals surface area contributed by atoms with Crippen molar-refractivity contribution in [1.29, 1.82) is 0 Å². The van der Waals surface area contributed by atoms with Crippen LogP contribution in [0, 0.1) is 0 Å². The van der Waals surface area contributed by atoms with Gasteiger partial charge in [-0.05, 0) is 48.1 Å². The first-order valence-corrected chi connectivity index (χ1v) is 13.1. The van der Waals surface area contributed by atoms with Crippen LogP contribution in [-0.4, -0.2) is 24.6 Å². The molecule has 0 bridgehead atoms. The van der Waals surface area contributed by atoms with E-state index in [4.69, 9.17) is 0 Å². The molecule has 0 aliphatic carbocycles. The van der Waals surface area contributed by atoms with Gasteiger partial charge < -0.3 is 0 Å². The Kier molecular flexibility index (Phi) is 9.64. The highest BCUT2D eigenvalue weighted by Crippen LogP contribution is 2.47. The molecule has 2 aromatic rings. The second kappa shape index (κ2) is 11.8. The lowest BCUT2D eigenvalue weighted by Crippen LogP contribution is -2.01. The molecule has 0 aliphatic heterocycles. The van der Waals surface area contributed by atoms with Crippen molar-refractivity contribution in [2.24, 2.45) is 0 Å². The third kappa shape index (κ3) is 7.46. The molecule has 0 spiro atoms. The highest BCUT2D eigenvalue weighted by Gasteiger charge is 2.13.